The molecular formula is C19H13ClF3N3O4S. The summed E-state index contributed by atoms with van der Waals surface area (Å²) in [5, 5.41) is 10.7. The monoisotopic (exact) mass is 471 g/mol. The molecule has 31 heavy (non-hydrogen) atoms. The van der Waals surface area contributed by atoms with Gasteiger partial charge in [0.2, 0.25) is 5.89 Å². The fraction of sp³-hybridized carbons (Fsp3) is 0.158. The van der Waals surface area contributed by atoms with Crippen LogP contribution in [0.25, 0.3) is 11.5 Å². The van der Waals surface area contributed by atoms with Crippen LogP contribution >= 0.6 is 23.4 Å². The Kier molecular flexibility index (Phi) is 7.18. The summed E-state index contributed by atoms with van der Waals surface area (Å²) in [6.07, 6.45) is -4.47. The number of anilines is 1. The van der Waals surface area contributed by atoms with E-state index < -0.39 is 30.2 Å². The standard InChI is InChI=1S/C19H13ClF3N3O4S/c20-13-5-1-11(2-6-13)17-25-26-18(30-17)31-10-16(28)29-9-15(27)24-14-7-3-12(4-8-14)19(21,22)23/h1-8H,9-10H2,(H,24,27). The van der Waals surface area contributed by atoms with E-state index in [0.717, 1.165) is 36.0 Å². The molecular weight excluding hydrogens is 459 g/mol. The van der Waals surface area contributed by atoms with E-state index in [2.05, 4.69) is 15.5 Å². The van der Waals surface area contributed by atoms with Crippen LogP contribution in [-0.2, 0) is 20.5 Å². The molecule has 0 atom stereocenters. The van der Waals surface area contributed by atoms with Crippen molar-refractivity contribution < 1.29 is 31.9 Å². The van der Waals surface area contributed by atoms with Gasteiger partial charge in [-0.25, -0.2) is 0 Å². The van der Waals surface area contributed by atoms with E-state index in [9.17, 15) is 22.8 Å². The van der Waals surface area contributed by atoms with Crippen LogP contribution in [0.4, 0.5) is 18.9 Å². The zero-order valence-electron chi connectivity index (χ0n) is 15.5. The van der Waals surface area contributed by atoms with Crippen LogP contribution < -0.4 is 5.32 Å². The second-order valence-corrected chi connectivity index (χ2v) is 7.32. The van der Waals surface area contributed by atoms with Crippen LogP contribution in [0, 0.1) is 0 Å². The maximum Gasteiger partial charge on any atom is 0.416 e. The van der Waals surface area contributed by atoms with Crippen LogP contribution in [0.15, 0.2) is 58.2 Å². The first-order chi connectivity index (χ1) is 14.7. The highest BCUT2D eigenvalue weighted by atomic mass is 35.5. The van der Waals surface area contributed by atoms with Crippen molar-refractivity contribution in [2.75, 3.05) is 17.7 Å². The number of esters is 1. The molecule has 1 heterocycles. The van der Waals surface area contributed by atoms with E-state index in [1.54, 1.807) is 24.3 Å². The van der Waals surface area contributed by atoms with E-state index in [0.29, 0.717) is 10.6 Å². The van der Waals surface area contributed by atoms with Crippen molar-refractivity contribution in [2.24, 2.45) is 0 Å². The minimum Gasteiger partial charge on any atom is -0.455 e. The van der Waals surface area contributed by atoms with Gasteiger partial charge in [0.1, 0.15) is 5.75 Å². The van der Waals surface area contributed by atoms with Crippen molar-refractivity contribution in [1.82, 2.24) is 10.2 Å². The molecule has 0 fully saturated rings. The van der Waals surface area contributed by atoms with Gasteiger partial charge in [0, 0.05) is 16.3 Å². The number of ether oxygens (including phenoxy) is 1. The minimum atomic E-state index is -4.47. The number of rotatable bonds is 7. The predicted octanol–water partition coefficient (Wildman–Crippen LogP) is 4.68. The SMILES string of the molecule is O=C(COC(=O)CSc1nnc(-c2ccc(Cl)cc2)o1)Nc1ccc(C(F)(F)F)cc1. The molecule has 0 unspecified atom stereocenters. The van der Waals surface area contributed by atoms with Gasteiger partial charge in [0.15, 0.2) is 6.61 Å². The largest absolute Gasteiger partial charge is 0.455 e. The zero-order valence-corrected chi connectivity index (χ0v) is 17.1. The summed E-state index contributed by atoms with van der Waals surface area (Å²) in [4.78, 5) is 23.6. The third-order valence-corrected chi connectivity index (χ3v) is 4.72. The molecule has 0 saturated carbocycles. The van der Waals surface area contributed by atoms with Crippen molar-refractivity contribution in [3.05, 3.63) is 59.1 Å². The van der Waals surface area contributed by atoms with Crippen molar-refractivity contribution in [1.29, 1.82) is 0 Å². The number of nitrogens with one attached hydrogen (secondary N) is 1. The molecule has 12 heteroatoms. The van der Waals surface area contributed by atoms with Crippen LogP contribution in [0.1, 0.15) is 5.56 Å². The smallest absolute Gasteiger partial charge is 0.416 e. The first-order valence-electron chi connectivity index (χ1n) is 8.56. The fourth-order valence-electron chi connectivity index (χ4n) is 2.23. The van der Waals surface area contributed by atoms with Gasteiger partial charge in [-0.05, 0) is 48.5 Å². The van der Waals surface area contributed by atoms with Gasteiger partial charge < -0.3 is 14.5 Å². The van der Waals surface area contributed by atoms with Crippen molar-refractivity contribution >= 4 is 40.9 Å². The molecule has 162 valence electrons. The first kappa shape index (κ1) is 22.6. The van der Waals surface area contributed by atoms with Crippen LogP contribution in [0.5, 0.6) is 0 Å². The lowest BCUT2D eigenvalue weighted by Crippen LogP contribution is -2.21. The summed E-state index contributed by atoms with van der Waals surface area (Å²) < 4.78 is 47.8. The molecule has 0 bridgehead atoms. The Morgan fingerprint density at radius 1 is 1.06 bits per heavy atom. The molecule has 3 aromatic rings. The van der Waals surface area contributed by atoms with Gasteiger partial charge in [-0.2, -0.15) is 13.2 Å². The molecule has 0 aliphatic rings. The number of carbonyl (C=O) groups excluding carboxylic acids is 2. The van der Waals surface area contributed by atoms with Crippen molar-refractivity contribution in [3.63, 3.8) is 0 Å². The Bertz CT molecular complexity index is 1060. The molecule has 1 N–H and O–H groups in total. The number of thioether (sulfide) groups is 1. The van der Waals surface area contributed by atoms with Gasteiger partial charge in [-0.15, -0.1) is 10.2 Å². The van der Waals surface area contributed by atoms with Crippen LogP contribution in [0.2, 0.25) is 5.02 Å². The summed E-state index contributed by atoms with van der Waals surface area (Å²) in [5.41, 5.74) is -0.0375. The van der Waals surface area contributed by atoms with Crippen LogP contribution in [0.3, 0.4) is 0 Å². The summed E-state index contributed by atoms with van der Waals surface area (Å²) >= 11 is 6.74. The average molecular weight is 472 g/mol. The Morgan fingerprint density at radius 2 is 1.74 bits per heavy atom. The lowest BCUT2D eigenvalue weighted by Gasteiger charge is -2.09. The summed E-state index contributed by atoms with van der Waals surface area (Å²) in [6.45, 7) is -0.597. The highest BCUT2D eigenvalue weighted by Crippen LogP contribution is 2.29. The number of halogens is 4. The van der Waals surface area contributed by atoms with E-state index in [1.165, 1.54) is 0 Å². The Hall–Kier alpha value is -3.05. The number of hydrogen-bond donors (Lipinski definition) is 1. The average Bonchev–Trinajstić information content (AvgIpc) is 3.20. The Labute approximate surface area is 182 Å². The number of aromatic nitrogens is 2. The molecule has 2 aromatic carbocycles. The number of benzene rings is 2. The predicted molar refractivity (Wildman–Crippen MR) is 107 cm³/mol. The van der Waals surface area contributed by atoms with Gasteiger partial charge >= 0.3 is 12.1 Å². The third kappa shape index (κ3) is 6.72. The van der Waals surface area contributed by atoms with Crippen LogP contribution in [-0.4, -0.2) is 34.4 Å². The maximum absolute atomic E-state index is 12.5. The lowest BCUT2D eigenvalue weighted by molar-refractivity contribution is -0.144. The van der Waals surface area contributed by atoms with E-state index in [-0.39, 0.29) is 22.6 Å². The van der Waals surface area contributed by atoms with Gasteiger partial charge in [0.25, 0.3) is 11.1 Å². The van der Waals surface area contributed by atoms with Gasteiger partial charge in [0.05, 0.1) is 5.56 Å². The molecule has 0 radical (unpaired) electrons. The Morgan fingerprint density at radius 3 is 2.39 bits per heavy atom. The van der Waals surface area contributed by atoms with E-state index in [1.807, 2.05) is 0 Å². The summed E-state index contributed by atoms with van der Waals surface area (Å²) in [7, 11) is 0. The second kappa shape index (κ2) is 9.84. The molecule has 1 amide bonds. The molecule has 0 spiro atoms. The van der Waals surface area contributed by atoms with Gasteiger partial charge in [-0.3, -0.25) is 9.59 Å². The minimum absolute atomic E-state index is 0.135. The normalized spacial score (nSPS) is 11.2. The number of carbonyl (C=O) groups is 2. The first-order valence-corrected chi connectivity index (χ1v) is 9.92. The highest BCUT2D eigenvalue weighted by molar-refractivity contribution is 7.99. The zero-order chi connectivity index (χ0) is 22.4. The van der Waals surface area contributed by atoms with Crippen molar-refractivity contribution in [2.45, 2.75) is 11.4 Å². The third-order valence-electron chi connectivity index (χ3n) is 3.67. The van der Waals surface area contributed by atoms with E-state index >= 15 is 0 Å². The number of amides is 1. The number of alkyl halides is 3. The molecule has 0 aliphatic carbocycles. The Balaban J connectivity index is 1.42. The van der Waals surface area contributed by atoms with Gasteiger partial charge in [-0.1, -0.05) is 23.4 Å². The van der Waals surface area contributed by atoms with Crippen molar-refractivity contribution in [3.8, 4) is 11.5 Å². The summed E-state index contributed by atoms with van der Waals surface area (Å²) in [6, 6.07) is 10.6. The summed E-state index contributed by atoms with van der Waals surface area (Å²) in [5.74, 6) is -1.33. The van der Waals surface area contributed by atoms with E-state index in [4.69, 9.17) is 20.8 Å². The molecule has 0 saturated heterocycles. The quantitative estimate of drug-likeness (QED) is 0.395. The number of nitrogens with zero attached hydrogens (tertiary/aromatic N) is 2. The molecule has 7 nitrogen and oxygen atoms in total. The topological polar surface area (TPSA) is 94.3 Å². The molecule has 3 rings (SSSR count). The highest BCUT2D eigenvalue weighted by Gasteiger charge is 2.30. The lowest BCUT2D eigenvalue weighted by atomic mass is 10.2. The molecule has 0 aliphatic heterocycles. The fourth-order valence-corrected chi connectivity index (χ4v) is 2.91. The molecule has 1 aromatic heterocycles. The second-order valence-electron chi connectivity index (χ2n) is 5.95. The maximum atomic E-state index is 12.5. The number of hydrogen-bond acceptors (Lipinski definition) is 7.